The molecule has 1 aliphatic carbocycles. The molecule has 1 atom stereocenters. The van der Waals surface area contributed by atoms with Crippen LogP contribution >= 0.6 is 0 Å². The van der Waals surface area contributed by atoms with Crippen molar-refractivity contribution in [1.82, 2.24) is 10.3 Å². The van der Waals surface area contributed by atoms with E-state index in [9.17, 15) is 14.4 Å². The van der Waals surface area contributed by atoms with E-state index >= 15 is 0 Å². The normalized spacial score (nSPS) is 16.1. The lowest BCUT2D eigenvalue weighted by Gasteiger charge is -2.27. The van der Waals surface area contributed by atoms with Crippen LogP contribution in [0.1, 0.15) is 51.0 Å². The maximum absolute atomic E-state index is 12.6. The molecule has 6 heteroatoms. The van der Waals surface area contributed by atoms with Gasteiger partial charge in [-0.2, -0.15) is 0 Å². The van der Waals surface area contributed by atoms with Crippen molar-refractivity contribution in [2.75, 3.05) is 11.4 Å². The minimum Gasteiger partial charge on any atom is -0.349 e. The molecule has 136 valence electrons. The summed E-state index contributed by atoms with van der Waals surface area (Å²) in [6, 6.07) is 0.957. The van der Waals surface area contributed by atoms with Crippen molar-refractivity contribution in [3.05, 3.63) is 24.0 Å². The molecule has 1 N–H and O–H groups in total. The average Bonchev–Trinajstić information content (AvgIpc) is 2.65. The van der Waals surface area contributed by atoms with Crippen LogP contribution in [-0.4, -0.2) is 35.7 Å². The third-order valence-electron chi connectivity index (χ3n) is 4.93. The molecule has 0 spiro atoms. The highest BCUT2D eigenvalue weighted by Crippen LogP contribution is 2.23. The topological polar surface area (TPSA) is 79.4 Å². The maximum atomic E-state index is 12.6. The quantitative estimate of drug-likeness (QED) is 0.579. The Hall–Kier alpha value is -2.24. The smallest absolute Gasteiger partial charge is 0.289 e. The number of pyridine rings is 1. The van der Waals surface area contributed by atoms with Gasteiger partial charge in [0.1, 0.15) is 6.04 Å². The number of aryl methyl sites for hydroxylation is 1. The van der Waals surface area contributed by atoms with E-state index in [4.69, 9.17) is 0 Å². The number of aromatic nitrogens is 1. The Labute approximate surface area is 149 Å². The van der Waals surface area contributed by atoms with Crippen LogP contribution in [0.4, 0.5) is 5.69 Å². The second kappa shape index (κ2) is 9.30. The summed E-state index contributed by atoms with van der Waals surface area (Å²) in [6.07, 6.45) is 9.95. The highest BCUT2D eigenvalue weighted by Gasteiger charge is 2.30. The molecule has 0 bridgehead atoms. The van der Waals surface area contributed by atoms with Gasteiger partial charge in [-0.25, -0.2) is 0 Å². The molecule has 1 aliphatic rings. The van der Waals surface area contributed by atoms with Crippen LogP contribution in [0.25, 0.3) is 0 Å². The summed E-state index contributed by atoms with van der Waals surface area (Å²) in [5.74, 6) is -0.729. The van der Waals surface area contributed by atoms with Crippen LogP contribution < -0.4 is 10.2 Å². The standard InChI is InChI=1S/C19H27N3O3/c1-3-16(22(13-23)17-12-20-10-9-14(17)2)18(24)19(25)21-11-15-7-5-4-6-8-15/h9-10,12-13,15-16H,3-8,11H2,1-2H3,(H,21,25). The molecular weight excluding hydrogens is 318 g/mol. The van der Waals surface area contributed by atoms with E-state index in [1.807, 2.05) is 6.92 Å². The molecule has 0 radical (unpaired) electrons. The van der Waals surface area contributed by atoms with Crippen molar-refractivity contribution >= 4 is 23.8 Å². The molecule has 2 amide bonds. The summed E-state index contributed by atoms with van der Waals surface area (Å²) in [4.78, 5) is 41.8. The number of anilines is 1. The van der Waals surface area contributed by atoms with Crippen LogP contribution in [0.5, 0.6) is 0 Å². The van der Waals surface area contributed by atoms with Crippen LogP contribution in [0.2, 0.25) is 0 Å². The van der Waals surface area contributed by atoms with Crippen LogP contribution in [-0.2, 0) is 14.4 Å². The molecule has 0 aromatic carbocycles. The molecule has 1 aromatic rings. The molecule has 1 heterocycles. The number of carbonyl (C=O) groups is 3. The molecule has 25 heavy (non-hydrogen) atoms. The van der Waals surface area contributed by atoms with Crippen molar-refractivity contribution in [3.8, 4) is 0 Å². The Morgan fingerprint density at radius 1 is 1.36 bits per heavy atom. The minimum atomic E-state index is -0.813. The van der Waals surface area contributed by atoms with E-state index in [2.05, 4.69) is 10.3 Å². The Bertz CT molecular complexity index is 612. The van der Waals surface area contributed by atoms with Crippen molar-refractivity contribution < 1.29 is 14.4 Å². The molecule has 1 aromatic heterocycles. The molecule has 6 nitrogen and oxygen atoms in total. The first-order valence-electron chi connectivity index (χ1n) is 9.04. The first-order chi connectivity index (χ1) is 12.1. The second-order valence-corrected chi connectivity index (χ2v) is 6.68. The Morgan fingerprint density at radius 2 is 2.08 bits per heavy atom. The lowest BCUT2D eigenvalue weighted by Crippen LogP contribution is -2.48. The summed E-state index contributed by atoms with van der Waals surface area (Å²) in [5, 5.41) is 2.77. The summed E-state index contributed by atoms with van der Waals surface area (Å²) in [6.45, 7) is 4.17. The van der Waals surface area contributed by atoms with Gasteiger partial charge in [-0.05, 0) is 43.7 Å². The monoisotopic (exact) mass is 345 g/mol. The van der Waals surface area contributed by atoms with Crippen LogP contribution in [0.3, 0.4) is 0 Å². The van der Waals surface area contributed by atoms with Gasteiger partial charge in [-0.15, -0.1) is 0 Å². The van der Waals surface area contributed by atoms with Crippen LogP contribution in [0.15, 0.2) is 18.5 Å². The van der Waals surface area contributed by atoms with Crippen molar-refractivity contribution in [2.24, 2.45) is 5.92 Å². The molecule has 0 saturated heterocycles. The number of hydrogen-bond donors (Lipinski definition) is 1. The number of nitrogens with zero attached hydrogens (tertiary/aromatic N) is 2. The number of ketones is 1. The summed E-state index contributed by atoms with van der Waals surface area (Å²) >= 11 is 0. The fourth-order valence-corrected chi connectivity index (χ4v) is 3.40. The van der Waals surface area contributed by atoms with E-state index in [0.717, 1.165) is 18.4 Å². The zero-order chi connectivity index (χ0) is 18.2. The maximum Gasteiger partial charge on any atom is 0.289 e. The number of carbonyl (C=O) groups excluding carboxylic acids is 3. The number of nitrogens with one attached hydrogen (secondary N) is 1. The average molecular weight is 345 g/mol. The highest BCUT2D eigenvalue weighted by molar-refractivity contribution is 6.39. The largest absolute Gasteiger partial charge is 0.349 e. The number of Topliss-reactive ketones (excluding diaryl/α,β-unsaturated/α-hetero) is 1. The zero-order valence-corrected chi connectivity index (χ0v) is 15.0. The van der Waals surface area contributed by atoms with E-state index in [0.29, 0.717) is 31.0 Å². The molecule has 1 saturated carbocycles. The third kappa shape index (κ3) is 4.87. The van der Waals surface area contributed by atoms with E-state index in [1.165, 1.54) is 24.2 Å². The van der Waals surface area contributed by atoms with Gasteiger partial charge in [0.25, 0.3) is 5.91 Å². The fourth-order valence-electron chi connectivity index (χ4n) is 3.40. The molecule has 2 rings (SSSR count). The fraction of sp³-hybridized carbons (Fsp3) is 0.579. The minimum absolute atomic E-state index is 0.364. The molecule has 1 unspecified atom stereocenters. The first-order valence-corrected chi connectivity index (χ1v) is 9.04. The highest BCUT2D eigenvalue weighted by atomic mass is 16.2. The van der Waals surface area contributed by atoms with Gasteiger partial charge in [0, 0.05) is 12.7 Å². The van der Waals surface area contributed by atoms with Crippen molar-refractivity contribution in [3.63, 3.8) is 0 Å². The van der Waals surface area contributed by atoms with Crippen molar-refractivity contribution in [1.29, 1.82) is 0 Å². The van der Waals surface area contributed by atoms with Gasteiger partial charge >= 0.3 is 0 Å². The van der Waals surface area contributed by atoms with Crippen molar-refractivity contribution in [2.45, 2.75) is 58.4 Å². The van der Waals surface area contributed by atoms with E-state index < -0.39 is 17.7 Å². The number of hydrogen-bond acceptors (Lipinski definition) is 4. The Morgan fingerprint density at radius 3 is 2.68 bits per heavy atom. The van der Waals surface area contributed by atoms with Crippen LogP contribution in [0, 0.1) is 12.8 Å². The van der Waals surface area contributed by atoms with Gasteiger partial charge in [-0.3, -0.25) is 19.4 Å². The summed E-state index contributed by atoms with van der Waals surface area (Å²) in [7, 11) is 0. The van der Waals surface area contributed by atoms with Gasteiger partial charge < -0.3 is 10.2 Å². The Kier molecular flexibility index (Phi) is 7.10. The first kappa shape index (κ1) is 19.1. The Balaban J connectivity index is 2.04. The molecule has 1 fully saturated rings. The zero-order valence-electron chi connectivity index (χ0n) is 15.0. The van der Waals surface area contributed by atoms with Gasteiger partial charge in [-0.1, -0.05) is 26.2 Å². The second-order valence-electron chi connectivity index (χ2n) is 6.68. The number of amides is 2. The predicted molar refractivity (Wildman–Crippen MR) is 96.2 cm³/mol. The summed E-state index contributed by atoms with van der Waals surface area (Å²) < 4.78 is 0. The van der Waals surface area contributed by atoms with E-state index in [-0.39, 0.29) is 0 Å². The lowest BCUT2D eigenvalue weighted by molar-refractivity contribution is -0.139. The summed E-state index contributed by atoms with van der Waals surface area (Å²) in [5.41, 5.74) is 1.38. The van der Waals surface area contributed by atoms with E-state index in [1.54, 1.807) is 25.4 Å². The van der Waals surface area contributed by atoms with Gasteiger partial charge in [0.05, 0.1) is 11.9 Å². The molecule has 0 aliphatic heterocycles. The molecular formula is C19H27N3O3. The van der Waals surface area contributed by atoms with Gasteiger partial charge in [0.2, 0.25) is 12.2 Å². The lowest BCUT2D eigenvalue weighted by atomic mass is 9.89. The third-order valence-corrected chi connectivity index (χ3v) is 4.93. The SMILES string of the molecule is CCC(C(=O)C(=O)NCC1CCCCC1)N(C=O)c1cnccc1C. The van der Waals surface area contributed by atoms with Gasteiger partial charge in [0.15, 0.2) is 0 Å². The predicted octanol–water partition coefficient (Wildman–Crippen LogP) is 2.40. The number of rotatable bonds is 8.